The summed E-state index contributed by atoms with van der Waals surface area (Å²) in [6.07, 6.45) is -0.560. The van der Waals surface area contributed by atoms with Gasteiger partial charge >= 0.3 is 5.97 Å². The molecule has 2 saturated heterocycles. The first-order chi connectivity index (χ1) is 5.70. The van der Waals surface area contributed by atoms with Gasteiger partial charge in [0.05, 0.1) is 5.92 Å². The van der Waals surface area contributed by atoms with E-state index in [-0.39, 0.29) is 11.8 Å². The predicted molar refractivity (Wildman–Crippen MR) is 35.9 cm³/mol. The van der Waals surface area contributed by atoms with Gasteiger partial charge in [0.15, 0.2) is 0 Å². The molecule has 2 aliphatic heterocycles. The molecule has 12 heavy (non-hydrogen) atoms. The van der Waals surface area contributed by atoms with E-state index in [1.165, 1.54) is 0 Å². The minimum Gasteiger partial charge on any atom is -0.480 e. The molecule has 66 valence electrons. The summed E-state index contributed by atoms with van der Waals surface area (Å²) in [5.74, 6) is -1.58. The quantitative estimate of drug-likeness (QED) is 0.429. The maximum absolute atomic E-state index is 11.0. The molecule has 0 aromatic heterocycles. The molecule has 3 atom stereocenters. The number of carbonyl (C=O) groups is 2. The van der Waals surface area contributed by atoms with Crippen molar-refractivity contribution in [1.29, 1.82) is 0 Å². The van der Waals surface area contributed by atoms with E-state index in [0.717, 1.165) is 0 Å². The van der Waals surface area contributed by atoms with Crippen LogP contribution >= 0.6 is 0 Å². The largest absolute Gasteiger partial charge is 0.480 e. The second kappa shape index (κ2) is 2.43. The molecule has 0 saturated carbocycles. The van der Waals surface area contributed by atoms with Crippen LogP contribution in [0.5, 0.6) is 0 Å². The highest BCUT2D eigenvalue weighted by molar-refractivity contribution is 5.84. The minimum atomic E-state index is -0.987. The molecule has 0 bridgehead atoms. The summed E-state index contributed by atoms with van der Waals surface area (Å²) in [6.45, 7) is 0.369. The van der Waals surface area contributed by atoms with Crippen molar-refractivity contribution < 1.29 is 19.5 Å². The van der Waals surface area contributed by atoms with E-state index in [0.29, 0.717) is 6.54 Å². The molecule has 2 fully saturated rings. The summed E-state index contributed by atoms with van der Waals surface area (Å²) in [7, 11) is 0. The normalized spacial score (nSPS) is 39.3. The van der Waals surface area contributed by atoms with Crippen LogP contribution in [0.3, 0.4) is 0 Å². The lowest BCUT2D eigenvalue weighted by Crippen LogP contribution is -2.40. The Labute approximate surface area is 67.8 Å². The van der Waals surface area contributed by atoms with Gasteiger partial charge in [0, 0.05) is 6.54 Å². The number of rotatable bonds is 1. The number of aliphatic carboxylic acids is 1. The SMILES string of the molecule is O=C1NO[C@@H]2[C@@H]1CN[C@@H]2C(=O)O. The van der Waals surface area contributed by atoms with Crippen LogP contribution in [0.1, 0.15) is 0 Å². The summed E-state index contributed by atoms with van der Waals surface area (Å²) < 4.78 is 0. The zero-order valence-electron chi connectivity index (χ0n) is 6.11. The van der Waals surface area contributed by atoms with Gasteiger partial charge in [-0.15, -0.1) is 0 Å². The average molecular weight is 172 g/mol. The van der Waals surface area contributed by atoms with Crippen LogP contribution in [-0.4, -0.2) is 35.7 Å². The first kappa shape index (κ1) is 7.51. The molecule has 0 aliphatic carbocycles. The van der Waals surface area contributed by atoms with E-state index in [4.69, 9.17) is 9.94 Å². The number of amides is 1. The summed E-state index contributed by atoms with van der Waals surface area (Å²) in [5.41, 5.74) is 2.16. The van der Waals surface area contributed by atoms with Crippen LogP contribution in [0.25, 0.3) is 0 Å². The molecule has 6 heteroatoms. The van der Waals surface area contributed by atoms with Crippen molar-refractivity contribution in [2.45, 2.75) is 12.1 Å². The number of hydrogen-bond acceptors (Lipinski definition) is 4. The molecule has 2 aliphatic rings. The molecule has 3 N–H and O–H groups in total. The molecular formula is C6H8N2O4. The van der Waals surface area contributed by atoms with Crippen molar-refractivity contribution in [3.63, 3.8) is 0 Å². The number of nitrogens with one attached hydrogen (secondary N) is 2. The van der Waals surface area contributed by atoms with E-state index >= 15 is 0 Å². The average Bonchev–Trinajstić information content (AvgIpc) is 2.53. The molecule has 0 radical (unpaired) electrons. The fourth-order valence-corrected chi connectivity index (χ4v) is 1.54. The molecule has 0 spiro atoms. The summed E-state index contributed by atoms with van der Waals surface area (Å²) in [5, 5.41) is 11.4. The number of carboxylic acid groups (broad SMARTS) is 1. The van der Waals surface area contributed by atoms with Crippen LogP contribution in [0, 0.1) is 5.92 Å². The standard InChI is InChI=1S/C6H8N2O4/c9-5-2-1-7-3(6(10)11)4(2)12-8-5/h2-4,7H,1H2,(H,8,9)(H,10,11)/t2-,3-,4+/m0/s1. The zero-order chi connectivity index (χ0) is 8.72. The van der Waals surface area contributed by atoms with Crippen molar-refractivity contribution >= 4 is 11.9 Å². The van der Waals surface area contributed by atoms with Crippen molar-refractivity contribution in [3.8, 4) is 0 Å². The van der Waals surface area contributed by atoms with Gasteiger partial charge in [-0.1, -0.05) is 0 Å². The first-order valence-electron chi connectivity index (χ1n) is 3.62. The topological polar surface area (TPSA) is 87.7 Å². The minimum absolute atomic E-state index is 0.240. The van der Waals surface area contributed by atoms with E-state index in [1.54, 1.807) is 0 Å². The second-order valence-electron chi connectivity index (χ2n) is 2.88. The Hall–Kier alpha value is -1.14. The summed E-state index contributed by atoms with van der Waals surface area (Å²) in [4.78, 5) is 26.3. The Morgan fingerprint density at radius 2 is 2.42 bits per heavy atom. The number of hydroxylamine groups is 1. The smallest absolute Gasteiger partial charge is 0.323 e. The van der Waals surface area contributed by atoms with Gasteiger partial charge in [0.2, 0.25) is 0 Å². The molecule has 0 aromatic carbocycles. The fourth-order valence-electron chi connectivity index (χ4n) is 1.54. The van der Waals surface area contributed by atoms with Crippen molar-refractivity contribution in [2.75, 3.05) is 6.54 Å². The van der Waals surface area contributed by atoms with Gasteiger partial charge in [-0.2, -0.15) is 0 Å². The molecule has 2 rings (SSSR count). The van der Waals surface area contributed by atoms with Crippen molar-refractivity contribution in [3.05, 3.63) is 0 Å². The van der Waals surface area contributed by atoms with Crippen LogP contribution in [0.2, 0.25) is 0 Å². The molecule has 0 aromatic rings. The maximum Gasteiger partial charge on any atom is 0.323 e. The predicted octanol–water partition coefficient (Wildman–Crippen LogP) is -1.91. The molecule has 1 amide bonds. The van der Waals surface area contributed by atoms with Gasteiger partial charge < -0.3 is 10.4 Å². The third kappa shape index (κ3) is 0.886. The maximum atomic E-state index is 11.0. The highest BCUT2D eigenvalue weighted by Crippen LogP contribution is 2.22. The van der Waals surface area contributed by atoms with E-state index in [9.17, 15) is 9.59 Å². The third-order valence-electron chi connectivity index (χ3n) is 2.18. The summed E-state index contributed by atoms with van der Waals surface area (Å²) in [6, 6.07) is -0.769. The van der Waals surface area contributed by atoms with E-state index < -0.39 is 18.1 Å². The van der Waals surface area contributed by atoms with Crippen LogP contribution < -0.4 is 10.8 Å². The van der Waals surface area contributed by atoms with Crippen LogP contribution in [-0.2, 0) is 14.4 Å². The third-order valence-corrected chi connectivity index (χ3v) is 2.18. The monoisotopic (exact) mass is 172 g/mol. The van der Waals surface area contributed by atoms with Crippen molar-refractivity contribution in [2.24, 2.45) is 5.92 Å². The number of fused-ring (bicyclic) bond motifs is 1. The van der Waals surface area contributed by atoms with Crippen LogP contribution in [0.4, 0.5) is 0 Å². The Kier molecular flexibility index (Phi) is 1.52. The van der Waals surface area contributed by atoms with Crippen LogP contribution in [0.15, 0.2) is 0 Å². The molecule has 0 unspecified atom stereocenters. The Bertz CT molecular complexity index is 242. The van der Waals surface area contributed by atoms with Gasteiger partial charge in [-0.25, -0.2) is 5.48 Å². The fraction of sp³-hybridized carbons (Fsp3) is 0.667. The first-order valence-corrected chi connectivity index (χ1v) is 3.62. The highest BCUT2D eigenvalue weighted by atomic mass is 16.7. The number of hydrogen-bond donors (Lipinski definition) is 3. The van der Waals surface area contributed by atoms with Gasteiger partial charge in [0.25, 0.3) is 5.91 Å². The van der Waals surface area contributed by atoms with E-state index in [2.05, 4.69) is 10.8 Å². The Morgan fingerprint density at radius 1 is 1.67 bits per heavy atom. The van der Waals surface area contributed by atoms with Gasteiger partial charge in [-0.05, 0) is 0 Å². The number of carboxylic acids is 1. The van der Waals surface area contributed by atoms with Crippen molar-refractivity contribution in [1.82, 2.24) is 10.8 Å². The molecule has 2 heterocycles. The lowest BCUT2D eigenvalue weighted by atomic mass is 10.0. The zero-order valence-corrected chi connectivity index (χ0v) is 6.11. The summed E-state index contributed by atoms with van der Waals surface area (Å²) >= 11 is 0. The number of carbonyl (C=O) groups excluding carboxylic acids is 1. The lowest BCUT2D eigenvalue weighted by Gasteiger charge is -2.10. The Morgan fingerprint density at radius 3 is 3.08 bits per heavy atom. The lowest BCUT2D eigenvalue weighted by molar-refractivity contribution is -0.143. The van der Waals surface area contributed by atoms with E-state index in [1.807, 2.05) is 0 Å². The molecule has 6 nitrogen and oxygen atoms in total. The second-order valence-corrected chi connectivity index (χ2v) is 2.88. The Balaban J connectivity index is 2.15. The van der Waals surface area contributed by atoms with Gasteiger partial charge in [-0.3, -0.25) is 14.4 Å². The highest BCUT2D eigenvalue weighted by Gasteiger charge is 2.49. The molecular weight excluding hydrogens is 164 g/mol. The van der Waals surface area contributed by atoms with Gasteiger partial charge in [0.1, 0.15) is 12.1 Å².